The minimum Gasteiger partial charge on any atom is -0.290 e. The summed E-state index contributed by atoms with van der Waals surface area (Å²) in [6, 6.07) is 0. The fourth-order valence-electron chi connectivity index (χ4n) is 0.830. The predicted molar refractivity (Wildman–Crippen MR) is 49.7 cm³/mol. The lowest BCUT2D eigenvalue weighted by Crippen LogP contribution is -2.24. The van der Waals surface area contributed by atoms with Crippen molar-refractivity contribution >= 4 is 0 Å². The van der Waals surface area contributed by atoms with Gasteiger partial charge in [0.1, 0.15) is 0 Å². The summed E-state index contributed by atoms with van der Waals surface area (Å²) in [4.78, 5) is 0. The van der Waals surface area contributed by atoms with Crippen molar-refractivity contribution in [2.75, 3.05) is 7.05 Å². The molecular formula is C9H17FN2. The van der Waals surface area contributed by atoms with E-state index in [4.69, 9.17) is 5.84 Å². The van der Waals surface area contributed by atoms with Gasteiger partial charge in [0.15, 0.2) is 0 Å². The van der Waals surface area contributed by atoms with Gasteiger partial charge in [0.25, 0.3) is 0 Å². The highest BCUT2D eigenvalue weighted by atomic mass is 19.1. The van der Waals surface area contributed by atoms with Gasteiger partial charge >= 0.3 is 0 Å². The van der Waals surface area contributed by atoms with E-state index in [-0.39, 0.29) is 5.92 Å². The Morgan fingerprint density at radius 3 is 2.17 bits per heavy atom. The van der Waals surface area contributed by atoms with Crippen LogP contribution in [-0.4, -0.2) is 12.1 Å². The van der Waals surface area contributed by atoms with E-state index in [9.17, 15) is 4.39 Å². The predicted octanol–water partition coefficient (Wildman–Crippen LogP) is 2.21. The first-order valence-electron chi connectivity index (χ1n) is 3.91. The van der Waals surface area contributed by atoms with Crippen LogP contribution in [0.1, 0.15) is 20.8 Å². The van der Waals surface area contributed by atoms with Gasteiger partial charge in [-0.25, -0.2) is 5.84 Å². The summed E-state index contributed by atoms with van der Waals surface area (Å²) in [6.07, 6.45) is 0. The van der Waals surface area contributed by atoms with Gasteiger partial charge < -0.3 is 0 Å². The monoisotopic (exact) mass is 172 g/mol. The van der Waals surface area contributed by atoms with Crippen molar-refractivity contribution in [2.24, 2.45) is 11.8 Å². The molecule has 0 aromatic carbocycles. The van der Waals surface area contributed by atoms with Crippen LogP contribution in [0.25, 0.3) is 0 Å². The number of hydrogen-bond acceptors (Lipinski definition) is 2. The first-order valence-corrected chi connectivity index (χ1v) is 3.91. The minimum absolute atomic E-state index is 0.246. The van der Waals surface area contributed by atoms with E-state index in [0.717, 1.165) is 10.6 Å². The van der Waals surface area contributed by atoms with Crippen LogP contribution in [0.2, 0.25) is 0 Å². The zero-order valence-electron chi connectivity index (χ0n) is 8.19. The Kier molecular flexibility index (Phi) is 3.96. The largest absolute Gasteiger partial charge is 0.290 e. The highest BCUT2D eigenvalue weighted by Crippen LogP contribution is 2.21. The number of hydrogen-bond donors (Lipinski definition) is 1. The number of nitrogens with two attached hydrogens (primary N) is 1. The first kappa shape index (κ1) is 11.2. The average Bonchev–Trinajstić information content (AvgIpc) is 2.00. The maximum absolute atomic E-state index is 13.1. The third kappa shape index (κ3) is 2.66. The maximum atomic E-state index is 13.1. The van der Waals surface area contributed by atoms with Crippen LogP contribution in [0.15, 0.2) is 23.7 Å². The standard InChI is InChI=1S/C9H17FN2/c1-6(2)7(3)8(4)9(10)12(5)11/h6H,3,11H2,1-2,4-5H3/b9-8-. The summed E-state index contributed by atoms with van der Waals surface area (Å²) in [7, 11) is 1.46. The molecule has 70 valence electrons. The van der Waals surface area contributed by atoms with E-state index in [2.05, 4.69) is 6.58 Å². The Morgan fingerprint density at radius 2 is 1.92 bits per heavy atom. The SMILES string of the molecule is C=C(/C(C)=C(/F)N(C)N)C(C)C. The Bertz CT molecular complexity index is 205. The molecule has 0 aliphatic carbocycles. The molecule has 0 unspecified atom stereocenters. The van der Waals surface area contributed by atoms with E-state index in [1.807, 2.05) is 13.8 Å². The van der Waals surface area contributed by atoms with Crippen molar-refractivity contribution in [1.82, 2.24) is 5.01 Å². The molecule has 0 rings (SSSR count). The summed E-state index contributed by atoms with van der Waals surface area (Å²) in [5.74, 6) is 5.06. The van der Waals surface area contributed by atoms with Gasteiger partial charge in [0, 0.05) is 12.6 Å². The molecule has 3 heteroatoms. The Labute approximate surface area is 73.5 Å². The molecule has 0 aliphatic heterocycles. The molecule has 2 N–H and O–H groups in total. The molecule has 0 amide bonds. The van der Waals surface area contributed by atoms with E-state index in [0.29, 0.717) is 5.57 Å². The van der Waals surface area contributed by atoms with Crippen molar-refractivity contribution in [2.45, 2.75) is 20.8 Å². The van der Waals surface area contributed by atoms with Crippen molar-refractivity contribution in [3.8, 4) is 0 Å². The molecule has 12 heavy (non-hydrogen) atoms. The maximum Gasteiger partial charge on any atom is 0.206 e. The smallest absolute Gasteiger partial charge is 0.206 e. The zero-order valence-corrected chi connectivity index (χ0v) is 8.19. The second-order valence-electron chi connectivity index (χ2n) is 3.21. The third-order valence-corrected chi connectivity index (χ3v) is 1.80. The van der Waals surface area contributed by atoms with Crippen LogP contribution in [-0.2, 0) is 0 Å². The van der Waals surface area contributed by atoms with Gasteiger partial charge in [0.2, 0.25) is 5.95 Å². The second kappa shape index (κ2) is 4.26. The van der Waals surface area contributed by atoms with Gasteiger partial charge in [-0.2, -0.15) is 4.39 Å². The van der Waals surface area contributed by atoms with Crippen molar-refractivity contribution in [1.29, 1.82) is 0 Å². The quantitative estimate of drug-likeness (QED) is 0.306. The summed E-state index contributed by atoms with van der Waals surface area (Å²) in [5.41, 5.74) is 1.31. The van der Waals surface area contributed by atoms with Gasteiger partial charge in [-0.1, -0.05) is 20.4 Å². The van der Waals surface area contributed by atoms with Crippen molar-refractivity contribution in [3.05, 3.63) is 23.7 Å². The number of hydrazine groups is 1. The van der Waals surface area contributed by atoms with Crippen LogP contribution in [0, 0.1) is 5.92 Å². The number of rotatable bonds is 3. The van der Waals surface area contributed by atoms with Gasteiger partial charge in [-0.15, -0.1) is 0 Å². The van der Waals surface area contributed by atoms with E-state index < -0.39 is 5.95 Å². The highest BCUT2D eigenvalue weighted by Gasteiger charge is 2.09. The number of halogens is 1. The fraction of sp³-hybridized carbons (Fsp3) is 0.556. The second-order valence-corrected chi connectivity index (χ2v) is 3.21. The van der Waals surface area contributed by atoms with Crippen LogP contribution in [0.3, 0.4) is 0 Å². The molecule has 0 fully saturated rings. The molecule has 0 radical (unpaired) electrons. The summed E-state index contributed by atoms with van der Waals surface area (Å²) >= 11 is 0. The number of nitrogens with zero attached hydrogens (tertiary/aromatic N) is 1. The third-order valence-electron chi connectivity index (χ3n) is 1.80. The van der Waals surface area contributed by atoms with Gasteiger partial charge in [0.05, 0.1) is 0 Å². The molecule has 0 spiro atoms. The van der Waals surface area contributed by atoms with Gasteiger partial charge in [-0.3, -0.25) is 5.01 Å². The Balaban J connectivity index is 4.67. The topological polar surface area (TPSA) is 29.3 Å². The molecule has 0 aliphatic rings. The molecule has 0 aromatic heterocycles. The van der Waals surface area contributed by atoms with Crippen LogP contribution < -0.4 is 5.84 Å². The summed E-state index contributed by atoms with van der Waals surface area (Å²) < 4.78 is 13.1. The van der Waals surface area contributed by atoms with Crippen LogP contribution in [0.5, 0.6) is 0 Å². The normalized spacial score (nSPS) is 12.9. The molecule has 0 bridgehead atoms. The van der Waals surface area contributed by atoms with Crippen LogP contribution in [0.4, 0.5) is 4.39 Å². The Morgan fingerprint density at radius 1 is 1.50 bits per heavy atom. The van der Waals surface area contributed by atoms with Crippen molar-refractivity contribution < 1.29 is 4.39 Å². The molecule has 0 aromatic rings. The fourth-order valence-corrected chi connectivity index (χ4v) is 0.830. The van der Waals surface area contributed by atoms with E-state index in [1.165, 1.54) is 7.05 Å². The molecule has 0 heterocycles. The number of allylic oxidation sites excluding steroid dienone is 2. The lowest BCUT2D eigenvalue weighted by Gasteiger charge is -2.15. The first-order chi connectivity index (χ1) is 5.37. The summed E-state index contributed by atoms with van der Waals surface area (Å²) in [6.45, 7) is 9.39. The molecule has 0 atom stereocenters. The van der Waals surface area contributed by atoms with Gasteiger partial charge in [-0.05, 0) is 18.4 Å². The Hall–Kier alpha value is -0.830. The lowest BCUT2D eigenvalue weighted by molar-refractivity contribution is 0.323. The molecular weight excluding hydrogens is 155 g/mol. The lowest BCUT2D eigenvalue weighted by atomic mass is 9.99. The van der Waals surface area contributed by atoms with Crippen molar-refractivity contribution in [3.63, 3.8) is 0 Å². The van der Waals surface area contributed by atoms with E-state index >= 15 is 0 Å². The molecule has 0 saturated heterocycles. The van der Waals surface area contributed by atoms with E-state index in [1.54, 1.807) is 6.92 Å². The van der Waals surface area contributed by atoms with Crippen LogP contribution >= 0.6 is 0 Å². The molecule has 2 nitrogen and oxygen atoms in total. The zero-order chi connectivity index (χ0) is 9.89. The summed E-state index contributed by atoms with van der Waals surface area (Å²) in [5, 5.41) is 0.961. The highest BCUT2D eigenvalue weighted by molar-refractivity contribution is 5.29. The molecule has 0 saturated carbocycles. The minimum atomic E-state index is -0.422. The average molecular weight is 172 g/mol.